The molecule has 0 bridgehead atoms. The van der Waals surface area contributed by atoms with Crippen LogP contribution in [-0.4, -0.2) is 31.6 Å². The molecule has 0 aliphatic carbocycles. The summed E-state index contributed by atoms with van der Waals surface area (Å²) in [5, 5.41) is 0. The van der Waals surface area contributed by atoms with Gasteiger partial charge in [0.2, 0.25) is 0 Å². The van der Waals surface area contributed by atoms with Gasteiger partial charge in [-0.2, -0.15) is 0 Å². The van der Waals surface area contributed by atoms with E-state index < -0.39 is 0 Å². The highest BCUT2D eigenvalue weighted by molar-refractivity contribution is 5.85. The van der Waals surface area contributed by atoms with Crippen molar-refractivity contribution in [2.45, 2.75) is 39.7 Å². The van der Waals surface area contributed by atoms with Crippen molar-refractivity contribution >= 4 is 12.4 Å². The first-order chi connectivity index (χ1) is 8.04. The fourth-order valence-corrected chi connectivity index (χ4v) is 1.72. The third-order valence-electron chi connectivity index (χ3n) is 3.07. The highest BCUT2D eigenvalue weighted by Crippen LogP contribution is 2.22. The van der Waals surface area contributed by atoms with E-state index in [0.717, 1.165) is 25.2 Å². The first-order valence-corrected chi connectivity index (χ1v) is 6.43. The molecule has 0 aliphatic rings. The number of hydrogen-bond donors (Lipinski definition) is 0. The molecule has 0 amide bonds. The van der Waals surface area contributed by atoms with Gasteiger partial charge in [-0.15, -0.1) is 12.4 Å². The zero-order valence-electron chi connectivity index (χ0n) is 12.2. The molecule has 2 nitrogen and oxygen atoms in total. The number of aryl methyl sites for hydroxylation is 1. The predicted octanol–water partition coefficient (Wildman–Crippen LogP) is 3.70. The van der Waals surface area contributed by atoms with E-state index in [0.29, 0.717) is 6.04 Å². The van der Waals surface area contributed by atoms with Gasteiger partial charge < -0.3 is 9.64 Å². The largest absolute Gasteiger partial charge is 0.493 e. The lowest BCUT2D eigenvalue weighted by Crippen LogP contribution is -2.26. The zero-order valence-corrected chi connectivity index (χ0v) is 13.0. The minimum atomic E-state index is 0. The Labute approximate surface area is 118 Å². The van der Waals surface area contributed by atoms with Crippen molar-refractivity contribution in [1.82, 2.24) is 4.90 Å². The van der Waals surface area contributed by atoms with E-state index in [1.54, 1.807) is 0 Å². The van der Waals surface area contributed by atoms with Crippen LogP contribution in [0.15, 0.2) is 18.2 Å². The molecule has 1 unspecified atom stereocenters. The van der Waals surface area contributed by atoms with E-state index in [9.17, 15) is 0 Å². The van der Waals surface area contributed by atoms with Crippen LogP contribution in [0.1, 0.15) is 31.4 Å². The monoisotopic (exact) mass is 271 g/mol. The maximum absolute atomic E-state index is 5.80. The van der Waals surface area contributed by atoms with Gasteiger partial charge in [0, 0.05) is 6.04 Å². The van der Waals surface area contributed by atoms with Gasteiger partial charge >= 0.3 is 0 Å². The number of ether oxygens (including phenoxy) is 1. The minimum absolute atomic E-state index is 0. The Morgan fingerprint density at radius 2 is 1.94 bits per heavy atom. The van der Waals surface area contributed by atoms with E-state index in [4.69, 9.17) is 4.74 Å². The molecule has 0 heterocycles. The van der Waals surface area contributed by atoms with Crippen molar-refractivity contribution in [1.29, 1.82) is 0 Å². The molecule has 0 aromatic heterocycles. The Morgan fingerprint density at radius 3 is 2.50 bits per heavy atom. The molecule has 0 saturated carbocycles. The second-order valence-electron chi connectivity index (χ2n) is 4.98. The van der Waals surface area contributed by atoms with E-state index in [2.05, 4.69) is 58.0 Å². The van der Waals surface area contributed by atoms with E-state index in [1.807, 2.05) is 0 Å². The van der Waals surface area contributed by atoms with Gasteiger partial charge in [0.05, 0.1) is 6.61 Å². The Hall–Kier alpha value is -0.730. The molecule has 18 heavy (non-hydrogen) atoms. The van der Waals surface area contributed by atoms with Gasteiger partial charge in [0.1, 0.15) is 5.75 Å². The second kappa shape index (κ2) is 8.39. The van der Waals surface area contributed by atoms with Crippen LogP contribution in [-0.2, 0) is 6.42 Å². The average Bonchev–Trinajstić information content (AvgIpc) is 2.28. The van der Waals surface area contributed by atoms with Crippen molar-refractivity contribution in [3.05, 3.63) is 29.3 Å². The summed E-state index contributed by atoms with van der Waals surface area (Å²) in [5.41, 5.74) is 2.62. The maximum Gasteiger partial charge on any atom is 0.122 e. The number of likely N-dealkylation sites (N-methyl/N-ethyl adjacent to an activating group) is 1. The predicted molar refractivity (Wildman–Crippen MR) is 81.1 cm³/mol. The number of benzene rings is 1. The first kappa shape index (κ1) is 17.3. The molecular weight excluding hydrogens is 246 g/mol. The summed E-state index contributed by atoms with van der Waals surface area (Å²) in [5.74, 6) is 1.05. The summed E-state index contributed by atoms with van der Waals surface area (Å²) >= 11 is 0. The van der Waals surface area contributed by atoms with Gasteiger partial charge in [-0.05, 0) is 52.4 Å². The molecule has 3 heteroatoms. The highest BCUT2D eigenvalue weighted by atomic mass is 35.5. The molecule has 0 spiro atoms. The molecule has 1 rings (SSSR count). The SMILES string of the molecule is CCCOc1ccc(C)cc1CC(C)N(C)C.Cl. The van der Waals surface area contributed by atoms with Crippen LogP contribution in [0.4, 0.5) is 0 Å². The van der Waals surface area contributed by atoms with Gasteiger partial charge in [-0.3, -0.25) is 0 Å². The number of nitrogens with zero attached hydrogens (tertiary/aromatic N) is 1. The Kier molecular flexibility index (Phi) is 8.05. The summed E-state index contributed by atoms with van der Waals surface area (Å²) < 4.78 is 5.80. The summed E-state index contributed by atoms with van der Waals surface area (Å²) in [4.78, 5) is 2.24. The summed E-state index contributed by atoms with van der Waals surface area (Å²) in [7, 11) is 4.24. The van der Waals surface area contributed by atoms with Crippen molar-refractivity contribution in [2.75, 3.05) is 20.7 Å². The van der Waals surface area contributed by atoms with Crippen LogP contribution in [0.25, 0.3) is 0 Å². The van der Waals surface area contributed by atoms with Crippen molar-refractivity contribution < 1.29 is 4.74 Å². The molecule has 0 fully saturated rings. The Morgan fingerprint density at radius 1 is 1.28 bits per heavy atom. The fourth-order valence-electron chi connectivity index (χ4n) is 1.72. The highest BCUT2D eigenvalue weighted by Gasteiger charge is 2.10. The number of rotatable bonds is 6. The minimum Gasteiger partial charge on any atom is -0.493 e. The topological polar surface area (TPSA) is 12.5 Å². The van der Waals surface area contributed by atoms with Gasteiger partial charge in [-0.25, -0.2) is 0 Å². The van der Waals surface area contributed by atoms with Crippen molar-refractivity contribution in [2.24, 2.45) is 0 Å². The standard InChI is InChI=1S/C15H25NO.ClH/c1-6-9-17-15-8-7-12(2)10-14(15)11-13(3)16(4)5;/h7-8,10,13H,6,9,11H2,1-5H3;1H. The number of halogens is 1. The molecule has 0 saturated heterocycles. The molecule has 0 N–H and O–H groups in total. The molecule has 104 valence electrons. The van der Waals surface area contributed by atoms with Crippen LogP contribution >= 0.6 is 12.4 Å². The van der Waals surface area contributed by atoms with Gasteiger partial charge in [0.15, 0.2) is 0 Å². The lowest BCUT2D eigenvalue weighted by atomic mass is 10.0. The summed E-state index contributed by atoms with van der Waals surface area (Å²) in [6.45, 7) is 7.31. The quantitative estimate of drug-likeness (QED) is 0.782. The Balaban J connectivity index is 0.00000289. The molecule has 0 radical (unpaired) electrons. The lowest BCUT2D eigenvalue weighted by molar-refractivity contribution is 0.294. The van der Waals surface area contributed by atoms with Gasteiger partial charge in [-0.1, -0.05) is 24.6 Å². The summed E-state index contributed by atoms with van der Waals surface area (Å²) in [6.07, 6.45) is 2.09. The smallest absolute Gasteiger partial charge is 0.122 e. The maximum atomic E-state index is 5.80. The third-order valence-corrected chi connectivity index (χ3v) is 3.07. The van der Waals surface area contributed by atoms with Crippen LogP contribution < -0.4 is 4.74 Å². The van der Waals surface area contributed by atoms with Crippen LogP contribution in [0.3, 0.4) is 0 Å². The molecule has 1 aromatic carbocycles. The molecular formula is C15H26ClNO. The Bertz CT molecular complexity index is 352. The van der Waals surface area contributed by atoms with Crippen LogP contribution in [0.5, 0.6) is 5.75 Å². The summed E-state index contributed by atoms with van der Waals surface area (Å²) in [6, 6.07) is 6.99. The normalized spacial score (nSPS) is 12.1. The van der Waals surface area contributed by atoms with Crippen LogP contribution in [0.2, 0.25) is 0 Å². The van der Waals surface area contributed by atoms with Crippen molar-refractivity contribution in [3.63, 3.8) is 0 Å². The lowest BCUT2D eigenvalue weighted by Gasteiger charge is -2.21. The third kappa shape index (κ3) is 5.28. The average molecular weight is 272 g/mol. The zero-order chi connectivity index (χ0) is 12.8. The van der Waals surface area contributed by atoms with Crippen molar-refractivity contribution in [3.8, 4) is 5.75 Å². The van der Waals surface area contributed by atoms with Crippen LogP contribution in [0, 0.1) is 6.92 Å². The molecule has 0 aliphatic heterocycles. The van der Waals surface area contributed by atoms with E-state index >= 15 is 0 Å². The molecule has 1 atom stereocenters. The first-order valence-electron chi connectivity index (χ1n) is 6.43. The number of hydrogen-bond acceptors (Lipinski definition) is 2. The van der Waals surface area contributed by atoms with Gasteiger partial charge in [0.25, 0.3) is 0 Å². The fraction of sp³-hybridized carbons (Fsp3) is 0.600. The van der Waals surface area contributed by atoms with E-state index in [1.165, 1.54) is 11.1 Å². The molecule has 1 aromatic rings. The second-order valence-corrected chi connectivity index (χ2v) is 4.98. The van der Waals surface area contributed by atoms with E-state index in [-0.39, 0.29) is 12.4 Å².